The number of aromatic nitrogens is 3. The maximum Gasteiger partial charge on any atom is 0.157 e. The summed E-state index contributed by atoms with van der Waals surface area (Å²) in [6.45, 7) is 4.25. The Hall–Kier alpha value is -2.40. The second-order valence-electron chi connectivity index (χ2n) is 8.67. The van der Waals surface area contributed by atoms with Crippen molar-refractivity contribution in [2.75, 3.05) is 31.1 Å². The number of anilines is 1. The molecule has 5 nitrogen and oxygen atoms in total. The molecule has 2 aliphatic heterocycles. The molecule has 1 spiro atoms. The van der Waals surface area contributed by atoms with Crippen LogP contribution in [0.4, 0.5) is 5.82 Å². The molecule has 5 heteroatoms. The van der Waals surface area contributed by atoms with Crippen LogP contribution in [0, 0.1) is 0 Å². The number of benzene rings is 1. The van der Waals surface area contributed by atoms with Gasteiger partial charge in [0.05, 0.1) is 11.9 Å². The van der Waals surface area contributed by atoms with Crippen molar-refractivity contribution in [3.05, 3.63) is 58.9 Å². The van der Waals surface area contributed by atoms with Crippen molar-refractivity contribution in [3.8, 4) is 0 Å². The molecule has 0 amide bonds. The Balaban J connectivity index is 1.47. The Kier molecular flexibility index (Phi) is 3.73. The Morgan fingerprint density at radius 1 is 1.00 bits per heavy atom. The zero-order valence-corrected chi connectivity index (χ0v) is 16.3. The van der Waals surface area contributed by atoms with E-state index >= 15 is 0 Å². The second kappa shape index (κ2) is 6.31. The van der Waals surface area contributed by atoms with Gasteiger partial charge in [-0.05, 0) is 49.8 Å². The van der Waals surface area contributed by atoms with Crippen molar-refractivity contribution < 1.29 is 0 Å². The standard InChI is InChI=1S/C23H27N5/c1-2-5-19-17(4-1)6-11-23(19)10-3-15-27(16-23)22-18-7-12-24-13-8-20(18)26-21-9-14-25-28(21)22/h1-2,4-5,9,14,24H,3,6-8,10-13,15-16H2. The molecule has 1 unspecified atom stereocenters. The Morgan fingerprint density at radius 2 is 1.93 bits per heavy atom. The first-order valence-corrected chi connectivity index (χ1v) is 10.7. The summed E-state index contributed by atoms with van der Waals surface area (Å²) < 4.78 is 2.10. The van der Waals surface area contributed by atoms with Crippen molar-refractivity contribution in [1.29, 1.82) is 0 Å². The van der Waals surface area contributed by atoms with E-state index in [1.807, 2.05) is 12.3 Å². The molecule has 0 bridgehead atoms. The van der Waals surface area contributed by atoms with Crippen LogP contribution in [0.2, 0.25) is 0 Å². The molecule has 0 radical (unpaired) electrons. The molecule has 28 heavy (non-hydrogen) atoms. The fraction of sp³-hybridized carbons (Fsp3) is 0.478. The third-order valence-corrected chi connectivity index (χ3v) is 7.12. The highest BCUT2D eigenvalue weighted by Gasteiger charge is 2.42. The van der Waals surface area contributed by atoms with Gasteiger partial charge in [0.1, 0.15) is 5.82 Å². The summed E-state index contributed by atoms with van der Waals surface area (Å²) in [6, 6.07) is 11.2. The first kappa shape index (κ1) is 16.5. The molecule has 1 saturated heterocycles. The van der Waals surface area contributed by atoms with Gasteiger partial charge < -0.3 is 10.2 Å². The molecule has 1 N–H and O–H groups in total. The van der Waals surface area contributed by atoms with Crippen molar-refractivity contribution in [1.82, 2.24) is 19.9 Å². The van der Waals surface area contributed by atoms with Crippen LogP contribution in [0.1, 0.15) is 41.6 Å². The number of aryl methyl sites for hydroxylation is 1. The van der Waals surface area contributed by atoms with Crippen LogP contribution in [0.25, 0.3) is 5.65 Å². The first-order chi connectivity index (χ1) is 13.8. The monoisotopic (exact) mass is 373 g/mol. The number of hydrogen-bond acceptors (Lipinski definition) is 4. The first-order valence-electron chi connectivity index (χ1n) is 10.7. The lowest BCUT2D eigenvalue weighted by Gasteiger charge is -2.43. The lowest BCUT2D eigenvalue weighted by molar-refractivity contribution is 0.339. The third kappa shape index (κ3) is 2.42. The SMILES string of the molecule is c1ccc2c(c1)CCC21CCCN(c2c3c(nc4ccnn24)CCNCC3)C1. The topological polar surface area (TPSA) is 45.5 Å². The Morgan fingerprint density at radius 3 is 2.93 bits per heavy atom. The van der Waals surface area contributed by atoms with Gasteiger partial charge in [0, 0.05) is 43.1 Å². The maximum atomic E-state index is 4.95. The summed E-state index contributed by atoms with van der Waals surface area (Å²) in [5.41, 5.74) is 7.11. The van der Waals surface area contributed by atoms with Crippen molar-refractivity contribution >= 4 is 11.5 Å². The highest BCUT2D eigenvalue weighted by molar-refractivity contribution is 5.59. The van der Waals surface area contributed by atoms with Crippen molar-refractivity contribution in [2.24, 2.45) is 0 Å². The molecule has 0 saturated carbocycles. The van der Waals surface area contributed by atoms with E-state index in [1.165, 1.54) is 42.8 Å². The van der Waals surface area contributed by atoms with E-state index in [1.54, 1.807) is 11.1 Å². The average Bonchev–Trinajstić information content (AvgIpc) is 3.25. The zero-order chi connectivity index (χ0) is 18.6. The van der Waals surface area contributed by atoms with Gasteiger partial charge in [-0.2, -0.15) is 9.61 Å². The minimum absolute atomic E-state index is 0.299. The molecule has 6 rings (SSSR count). The Labute approximate surface area is 165 Å². The molecule has 1 aliphatic carbocycles. The second-order valence-corrected chi connectivity index (χ2v) is 8.67. The Bertz CT molecular complexity index is 1030. The van der Waals surface area contributed by atoms with Crippen LogP contribution in [-0.2, 0) is 24.7 Å². The number of piperidine rings is 1. The predicted molar refractivity (Wildman–Crippen MR) is 111 cm³/mol. The highest BCUT2D eigenvalue weighted by Crippen LogP contribution is 2.46. The number of rotatable bonds is 1. The van der Waals surface area contributed by atoms with Crippen LogP contribution < -0.4 is 10.2 Å². The van der Waals surface area contributed by atoms with E-state index in [2.05, 4.69) is 44.1 Å². The normalized spacial score (nSPS) is 24.4. The molecule has 144 valence electrons. The summed E-state index contributed by atoms with van der Waals surface area (Å²) in [4.78, 5) is 7.59. The van der Waals surface area contributed by atoms with Crippen LogP contribution in [-0.4, -0.2) is 40.8 Å². The van der Waals surface area contributed by atoms with Gasteiger partial charge in [-0.3, -0.25) is 0 Å². The van der Waals surface area contributed by atoms with Gasteiger partial charge >= 0.3 is 0 Å². The van der Waals surface area contributed by atoms with Crippen LogP contribution in [0.5, 0.6) is 0 Å². The van der Waals surface area contributed by atoms with Gasteiger partial charge in [0.15, 0.2) is 5.65 Å². The number of fused-ring (bicyclic) bond motifs is 4. The smallest absolute Gasteiger partial charge is 0.157 e. The van der Waals surface area contributed by atoms with Crippen LogP contribution in [0.15, 0.2) is 36.5 Å². The van der Waals surface area contributed by atoms with E-state index in [9.17, 15) is 0 Å². The largest absolute Gasteiger partial charge is 0.355 e. The molecule has 1 aromatic carbocycles. The fourth-order valence-corrected chi connectivity index (χ4v) is 5.84. The highest BCUT2D eigenvalue weighted by atomic mass is 15.4. The summed E-state index contributed by atoms with van der Waals surface area (Å²) in [5.74, 6) is 1.30. The van der Waals surface area contributed by atoms with Gasteiger partial charge in [-0.1, -0.05) is 24.3 Å². The van der Waals surface area contributed by atoms with E-state index in [0.717, 1.165) is 44.7 Å². The van der Waals surface area contributed by atoms with Gasteiger partial charge in [0.2, 0.25) is 0 Å². The molecule has 2 aromatic heterocycles. The molecule has 1 atom stereocenters. The predicted octanol–water partition coefficient (Wildman–Crippen LogP) is 2.90. The summed E-state index contributed by atoms with van der Waals surface area (Å²) in [5, 5.41) is 8.23. The lowest BCUT2D eigenvalue weighted by atomic mass is 9.75. The maximum absolute atomic E-state index is 4.95. The van der Waals surface area contributed by atoms with Gasteiger partial charge in [-0.15, -0.1) is 0 Å². The van der Waals surface area contributed by atoms with E-state index in [-0.39, 0.29) is 0 Å². The average molecular weight is 374 g/mol. The number of nitrogens with one attached hydrogen (secondary N) is 1. The number of nitrogens with zero attached hydrogens (tertiary/aromatic N) is 4. The molecule has 4 heterocycles. The van der Waals surface area contributed by atoms with E-state index in [0.29, 0.717) is 5.41 Å². The zero-order valence-electron chi connectivity index (χ0n) is 16.3. The number of hydrogen-bond donors (Lipinski definition) is 1. The molecule has 3 aromatic rings. The fourth-order valence-electron chi connectivity index (χ4n) is 5.84. The quantitative estimate of drug-likeness (QED) is 0.712. The van der Waals surface area contributed by atoms with Gasteiger partial charge in [-0.25, -0.2) is 4.98 Å². The van der Waals surface area contributed by atoms with Crippen LogP contribution >= 0.6 is 0 Å². The summed E-state index contributed by atoms with van der Waals surface area (Å²) >= 11 is 0. The lowest BCUT2D eigenvalue weighted by Crippen LogP contribution is -2.46. The van der Waals surface area contributed by atoms with Crippen molar-refractivity contribution in [2.45, 2.75) is 43.9 Å². The minimum Gasteiger partial charge on any atom is -0.355 e. The summed E-state index contributed by atoms with van der Waals surface area (Å²) in [7, 11) is 0. The minimum atomic E-state index is 0.299. The summed E-state index contributed by atoms with van der Waals surface area (Å²) in [6.07, 6.45) is 8.98. The molecule has 3 aliphatic rings. The third-order valence-electron chi connectivity index (χ3n) is 7.12. The van der Waals surface area contributed by atoms with E-state index < -0.39 is 0 Å². The molecular formula is C23H27N5. The molecule has 1 fully saturated rings. The van der Waals surface area contributed by atoms with Crippen molar-refractivity contribution in [3.63, 3.8) is 0 Å². The van der Waals surface area contributed by atoms with Crippen LogP contribution in [0.3, 0.4) is 0 Å². The van der Waals surface area contributed by atoms with E-state index in [4.69, 9.17) is 4.98 Å². The van der Waals surface area contributed by atoms with Gasteiger partial charge in [0.25, 0.3) is 0 Å². The molecular weight excluding hydrogens is 346 g/mol.